The lowest BCUT2D eigenvalue weighted by atomic mass is 10.0. The van der Waals surface area contributed by atoms with E-state index in [1.54, 1.807) is 0 Å². The molecule has 108 valence electrons. The average molecular weight is 280 g/mol. The van der Waals surface area contributed by atoms with Gasteiger partial charge in [0.2, 0.25) is 15.9 Å². The predicted molar refractivity (Wildman–Crippen MR) is 70.5 cm³/mol. The maximum atomic E-state index is 12.0. The highest BCUT2D eigenvalue weighted by atomic mass is 32.2. The zero-order valence-electron chi connectivity index (χ0n) is 11.7. The quantitative estimate of drug-likeness (QED) is 0.675. The molecule has 0 aromatic heterocycles. The Morgan fingerprint density at radius 3 is 2.11 bits per heavy atom. The van der Waals surface area contributed by atoms with E-state index in [4.69, 9.17) is 5.11 Å². The Labute approximate surface area is 109 Å². The number of hydrogen-bond donors (Lipinski definition) is 2. The first-order valence-electron chi connectivity index (χ1n) is 5.96. The zero-order chi connectivity index (χ0) is 14.5. The van der Waals surface area contributed by atoms with Crippen molar-refractivity contribution in [2.24, 2.45) is 5.92 Å². The number of carbonyl (C=O) groups is 1. The molecular formula is C11H24N2O4S. The Bertz CT molecular complexity index is 365. The van der Waals surface area contributed by atoms with Crippen molar-refractivity contribution < 1.29 is 18.3 Å². The molecule has 0 fully saturated rings. The van der Waals surface area contributed by atoms with Crippen molar-refractivity contribution in [3.8, 4) is 0 Å². The maximum absolute atomic E-state index is 12.0. The molecule has 6 nitrogen and oxygen atoms in total. The maximum Gasteiger partial charge on any atom is 0.241 e. The van der Waals surface area contributed by atoms with Gasteiger partial charge in [0.15, 0.2) is 5.25 Å². The fraction of sp³-hybridized carbons (Fsp3) is 0.909. The van der Waals surface area contributed by atoms with Gasteiger partial charge < -0.3 is 10.0 Å². The van der Waals surface area contributed by atoms with E-state index in [1.807, 2.05) is 13.8 Å². The molecule has 0 unspecified atom stereocenters. The minimum Gasteiger partial charge on any atom is -0.396 e. The fourth-order valence-corrected chi connectivity index (χ4v) is 2.97. The van der Waals surface area contributed by atoms with Gasteiger partial charge in [0.25, 0.3) is 0 Å². The van der Waals surface area contributed by atoms with E-state index in [2.05, 4.69) is 4.72 Å². The Kier molecular flexibility index (Phi) is 6.80. The molecule has 0 aliphatic heterocycles. The van der Waals surface area contributed by atoms with Gasteiger partial charge in [-0.15, -0.1) is 0 Å². The molecule has 18 heavy (non-hydrogen) atoms. The standard InChI is InChI=1S/C11H24N2O4S/c1-8(2)10(6-7-14)12-18(16,17)9(3)11(15)13(4)5/h8-10,12,14H,6-7H2,1-5H3/t9-,10-/m0/s1. The van der Waals surface area contributed by atoms with Gasteiger partial charge in [0.1, 0.15) is 0 Å². The van der Waals surface area contributed by atoms with Crippen molar-refractivity contribution in [2.75, 3.05) is 20.7 Å². The van der Waals surface area contributed by atoms with Crippen LogP contribution in [0.2, 0.25) is 0 Å². The number of sulfonamides is 1. The molecule has 2 atom stereocenters. The molecule has 0 saturated carbocycles. The number of rotatable bonds is 7. The molecule has 1 amide bonds. The normalized spacial score (nSPS) is 15.5. The van der Waals surface area contributed by atoms with Gasteiger partial charge in [0.05, 0.1) is 0 Å². The topological polar surface area (TPSA) is 86.7 Å². The van der Waals surface area contributed by atoms with Gasteiger partial charge in [-0.25, -0.2) is 13.1 Å². The summed E-state index contributed by atoms with van der Waals surface area (Å²) in [5, 5.41) is 7.78. The monoisotopic (exact) mass is 280 g/mol. The van der Waals surface area contributed by atoms with Crippen molar-refractivity contribution in [3.63, 3.8) is 0 Å². The van der Waals surface area contributed by atoms with Crippen molar-refractivity contribution >= 4 is 15.9 Å². The van der Waals surface area contributed by atoms with Gasteiger partial charge in [-0.05, 0) is 19.3 Å². The van der Waals surface area contributed by atoms with Crippen molar-refractivity contribution in [1.82, 2.24) is 9.62 Å². The summed E-state index contributed by atoms with van der Waals surface area (Å²) in [6, 6.07) is -0.364. The molecule has 0 bridgehead atoms. The van der Waals surface area contributed by atoms with E-state index in [9.17, 15) is 13.2 Å². The van der Waals surface area contributed by atoms with Gasteiger partial charge >= 0.3 is 0 Å². The highest BCUT2D eigenvalue weighted by Gasteiger charge is 2.31. The SMILES string of the molecule is CC(C)[C@H](CCO)NS(=O)(=O)[C@@H](C)C(=O)N(C)C. The van der Waals surface area contributed by atoms with Gasteiger partial charge in [-0.1, -0.05) is 13.8 Å². The van der Waals surface area contributed by atoms with Crippen LogP contribution in [0.4, 0.5) is 0 Å². The number of hydrogen-bond acceptors (Lipinski definition) is 4. The second-order valence-corrected chi connectivity index (χ2v) is 6.93. The molecule has 2 N–H and O–H groups in total. The first kappa shape index (κ1) is 17.3. The van der Waals surface area contributed by atoms with Crippen LogP contribution in [0.1, 0.15) is 27.2 Å². The molecule has 0 aromatic carbocycles. The summed E-state index contributed by atoms with van der Waals surface area (Å²) in [5.41, 5.74) is 0. The van der Waals surface area contributed by atoms with Crippen LogP contribution in [0.15, 0.2) is 0 Å². The highest BCUT2D eigenvalue weighted by Crippen LogP contribution is 2.10. The average Bonchev–Trinajstić information content (AvgIpc) is 2.25. The van der Waals surface area contributed by atoms with Crippen LogP contribution in [0.3, 0.4) is 0 Å². The lowest BCUT2D eigenvalue weighted by Gasteiger charge is -2.24. The molecule has 0 spiro atoms. The third kappa shape index (κ3) is 4.91. The highest BCUT2D eigenvalue weighted by molar-refractivity contribution is 7.90. The summed E-state index contributed by atoms with van der Waals surface area (Å²) in [7, 11) is -0.692. The zero-order valence-corrected chi connectivity index (χ0v) is 12.5. The summed E-state index contributed by atoms with van der Waals surface area (Å²) in [5.74, 6) is -0.414. The number of nitrogens with zero attached hydrogens (tertiary/aromatic N) is 1. The van der Waals surface area contributed by atoms with Crippen LogP contribution in [0.5, 0.6) is 0 Å². The Balaban J connectivity index is 4.88. The summed E-state index contributed by atoms with van der Waals surface area (Å²) >= 11 is 0. The van der Waals surface area contributed by atoms with E-state index >= 15 is 0 Å². The number of carbonyl (C=O) groups excluding carboxylic acids is 1. The number of aliphatic hydroxyl groups excluding tert-OH is 1. The lowest BCUT2D eigenvalue weighted by Crippen LogP contribution is -2.48. The van der Waals surface area contributed by atoms with Crippen molar-refractivity contribution in [3.05, 3.63) is 0 Å². The van der Waals surface area contributed by atoms with Crippen molar-refractivity contribution in [1.29, 1.82) is 0 Å². The number of amides is 1. The van der Waals surface area contributed by atoms with Gasteiger partial charge in [0, 0.05) is 26.7 Å². The molecule has 0 aliphatic rings. The number of nitrogens with one attached hydrogen (secondary N) is 1. The first-order chi connectivity index (χ1) is 8.13. The summed E-state index contributed by atoms with van der Waals surface area (Å²) in [6.07, 6.45) is 0.333. The van der Waals surface area contributed by atoms with E-state index in [-0.39, 0.29) is 18.6 Å². The second-order valence-electron chi connectivity index (χ2n) is 4.90. The van der Waals surface area contributed by atoms with Crippen LogP contribution in [-0.2, 0) is 14.8 Å². The molecule has 0 radical (unpaired) electrons. The summed E-state index contributed by atoms with van der Waals surface area (Å²) in [4.78, 5) is 12.9. The van der Waals surface area contributed by atoms with Crippen LogP contribution >= 0.6 is 0 Å². The third-order valence-electron chi connectivity index (χ3n) is 2.81. The van der Waals surface area contributed by atoms with E-state index in [0.29, 0.717) is 6.42 Å². The minimum absolute atomic E-state index is 0.0496. The Morgan fingerprint density at radius 1 is 1.28 bits per heavy atom. The summed E-state index contributed by atoms with van der Waals surface area (Å²) < 4.78 is 26.5. The Morgan fingerprint density at radius 2 is 1.78 bits per heavy atom. The van der Waals surface area contributed by atoms with Crippen molar-refractivity contribution in [2.45, 2.75) is 38.5 Å². The predicted octanol–water partition coefficient (Wildman–Crippen LogP) is -0.210. The molecular weight excluding hydrogens is 256 g/mol. The molecule has 0 rings (SSSR count). The fourth-order valence-electron chi connectivity index (χ4n) is 1.48. The van der Waals surface area contributed by atoms with Crippen LogP contribution in [-0.4, -0.2) is 56.3 Å². The molecule has 0 heterocycles. The largest absolute Gasteiger partial charge is 0.396 e. The van der Waals surface area contributed by atoms with E-state index in [1.165, 1.54) is 25.9 Å². The summed E-state index contributed by atoms with van der Waals surface area (Å²) in [6.45, 7) is 4.99. The van der Waals surface area contributed by atoms with Crippen LogP contribution in [0.25, 0.3) is 0 Å². The lowest BCUT2D eigenvalue weighted by molar-refractivity contribution is -0.127. The minimum atomic E-state index is -3.72. The van der Waals surface area contributed by atoms with Crippen LogP contribution in [0, 0.1) is 5.92 Å². The van der Waals surface area contributed by atoms with E-state index in [0.717, 1.165) is 0 Å². The van der Waals surface area contributed by atoms with Crippen LogP contribution < -0.4 is 4.72 Å². The first-order valence-corrected chi connectivity index (χ1v) is 7.51. The molecule has 0 aliphatic carbocycles. The molecule has 0 aromatic rings. The second kappa shape index (κ2) is 7.06. The van der Waals surface area contributed by atoms with Gasteiger partial charge in [-0.2, -0.15) is 0 Å². The molecule has 7 heteroatoms. The van der Waals surface area contributed by atoms with Gasteiger partial charge in [-0.3, -0.25) is 4.79 Å². The Hall–Kier alpha value is -0.660. The molecule has 0 saturated heterocycles. The number of aliphatic hydroxyl groups is 1. The van der Waals surface area contributed by atoms with E-state index < -0.39 is 21.2 Å². The third-order valence-corrected chi connectivity index (χ3v) is 4.58. The smallest absolute Gasteiger partial charge is 0.241 e.